The second-order valence-corrected chi connectivity index (χ2v) is 9.02. The fourth-order valence-corrected chi connectivity index (χ4v) is 5.30. The van der Waals surface area contributed by atoms with Crippen molar-refractivity contribution in [3.8, 4) is 5.75 Å². The number of likely N-dealkylation sites (tertiary alicyclic amines) is 2. The predicted molar refractivity (Wildman–Crippen MR) is 114 cm³/mol. The van der Waals surface area contributed by atoms with Crippen LogP contribution in [0.15, 0.2) is 24.3 Å². The first-order chi connectivity index (χ1) is 14.1. The summed E-state index contributed by atoms with van der Waals surface area (Å²) in [5, 5.41) is 3.09. The summed E-state index contributed by atoms with van der Waals surface area (Å²) in [5.41, 5.74) is 0.839. The summed E-state index contributed by atoms with van der Waals surface area (Å²) < 4.78 is 10.7. The van der Waals surface area contributed by atoms with Crippen molar-refractivity contribution in [1.82, 2.24) is 9.80 Å². The molecular weight excluding hydrogens is 366 g/mol. The maximum Gasteiger partial charge on any atom is 0.228 e. The monoisotopic (exact) mass is 401 g/mol. The third-order valence-electron chi connectivity index (χ3n) is 7.05. The number of carbonyl (C=O) groups is 1. The van der Waals surface area contributed by atoms with Crippen LogP contribution in [0.25, 0.3) is 0 Å². The van der Waals surface area contributed by atoms with Crippen molar-refractivity contribution in [2.75, 3.05) is 58.9 Å². The molecule has 4 rings (SSSR count). The van der Waals surface area contributed by atoms with Gasteiger partial charge in [-0.15, -0.1) is 0 Å². The molecule has 3 fully saturated rings. The van der Waals surface area contributed by atoms with Crippen LogP contribution in [0.2, 0.25) is 0 Å². The minimum atomic E-state index is 0.0702. The van der Waals surface area contributed by atoms with Gasteiger partial charge in [0.25, 0.3) is 0 Å². The third kappa shape index (κ3) is 5.11. The van der Waals surface area contributed by atoms with E-state index in [4.69, 9.17) is 9.47 Å². The number of anilines is 1. The number of methoxy groups -OCH3 is 1. The minimum absolute atomic E-state index is 0.0702. The lowest BCUT2D eigenvalue weighted by Crippen LogP contribution is -2.43. The minimum Gasteiger partial charge on any atom is -0.497 e. The van der Waals surface area contributed by atoms with Crippen molar-refractivity contribution < 1.29 is 14.3 Å². The van der Waals surface area contributed by atoms with Gasteiger partial charge in [-0.3, -0.25) is 4.79 Å². The highest BCUT2D eigenvalue weighted by Gasteiger charge is 2.39. The number of rotatable bonds is 6. The summed E-state index contributed by atoms with van der Waals surface area (Å²) >= 11 is 0. The van der Waals surface area contributed by atoms with E-state index in [9.17, 15) is 4.79 Å². The van der Waals surface area contributed by atoms with Gasteiger partial charge >= 0.3 is 0 Å². The van der Waals surface area contributed by atoms with Crippen LogP contribution in [0.4, 0.5) is 5.69 Å². The summed E-state index contributed by atoms with van der Waals surface area (Å²) in [5.74, 6) is 2.45. The second kappa shape index (κ2) is 9.45. The van der Waals surface area contributed by atoms with Crippen LogP contribution in [0, 0.1) is 17.8 Å². The topological polar surface area (TPSA) is 54.0 Å². The van der Waals surface area contributed by atoms with Gasteiger partial charge in [0.05, 0.1) is 19.6 Å². The largest absolute Gasteiger partial charge is 0.497 e. The highest BCUT2D eigenvalue weighted by molar-refractivity contribution is 5.93. The maximum absolute atomic E-state index is 12.8. The Morgan fingerprint density at radius 2 is 1.97 bits per heavy atom. The van der Waals surface area contributed by atoms with Crippen molar-refractivity contribution >= 4 is 11.6 Å². The van der Waals surface area contributed by atoms with E-state index >= 15 is 0 Å². The Bertz CT molecular complexity index is 666. The fraction of sp³-hybridized carbons (Fsp3) is 0.696. The summed E-state index contributed by atoms with van der Waals surface area (Å²) in [6.07, 6.45) is 4.68. The summed E-state index contributed by atoms with van der Waals surface area (Å²) in [7, 11) is 3.84. The average Bonchev–Trinajstić information content (AvgIpc) is 3.39. The van der Waals surface area contributed by atoms with Gasteiger partial charge in [0.2, 0.25) is 5.91 Å². The highest BCUT2D eigenvalue weighted by Crippen LogP contribution is 2.34. The first kappa shape index (κ1) is 20.6. The second-order valence-electron chi connectivity index (χ2n) is 9.02. The van der Waals surface area contributed by atoms with Crippen molar-refractivity contribution in [3.63, 3.8) is 0 Å². The van der Waals surface area contributed by atoms with Crippen LogP contribution in [0.1, 0.15) is 25.7 Å². The van der Waals surface area contributed by atoms with Crippen LogP contribution >= 0.6 is 0 Å². The number of hydrogen-bond acceptors (Lipinski definition) is 5. The number of amides is 1. The van der Waals surface area contributed by atoms with E-state index < -0.39 is 0 Å². The van der Waals surface area contributed by atoms with Gasteiger partial charge in [0.15, 0.2) is 0 Å². The third-order valence-corrected chi connectivity index (χ3v) is 7.05. The molecule has 1 aromatic carbocycles. The van der Waals surface area contributed by atoms with Gasteiger partial charge in [-0.2, -0.15) is 0 Å². The molecule has 1 N–H and O–H groups in total. The Kier molecular flexibility index (Phi) is 6.73. The normalized spacial score (nSPS) is 29.2. The first-order valence-electron chi connectivity index (χ1n) is 11.1. The number of nitrogens with one attached hydrogen (secondary N) is 1. The van der Waals surface area contributed by atoms with Gasteiger partial charge in [-0.1, -0.05) is 0 Å². The predicted octanol–water partition coefficient (Wildman–Crippen LogP) is 2.70. The number of hydrogen-bond donors (Lipinski definition) is 1. The van der Waals surface area contributed by atoms with Gasteiger partial charge in [0.1, 0.15) is 5.75 Å². The van der Waals surface area contributed by atoms with Crippen LogP contribution in [-0.2, 0) is 9.53 Å². The van der Waals surface area contributed by atoms with Gasteiger partial charge in [-0.05, 0) is 81.9 Å². The van der Waals surface area contributed by atoms with E-state index in [1.54, 1.807) is 7.11 Å². The Morgan fingerprint density at radius 3 is 2.62 bits per heavy atom. The van der Waals surface area contributed by atoms with Crippen molar-refractivity contribution in [1.29, 1.82) is 0 Å². The summed E-state index contributed by atoms with van der Waals surface area (Å²) in [6.45, 7) is 6.30. The molecule has 0 spiro atoms. The van der Waals surface area contributed by atoms with Crippen molar-refractivity contribution in [2.24, 2.45) is 17.8 Å². The van der Waals surface area contributed by atoms with E-state index in [0.717, 1.165) is 43.5 Å². The van der Waals surface area contributed by atoms with Crippen LogP contribution in [0.3, 0.4) is 0 Å². The molecule has 0 aliphatic carbocycles. The molecule has 3 heterocycles. The maximum atomic E-state index is 12.8. The lowest BCUT2D eigenvalue weighted by Gasteiger charge is -2.37. The molecule has 0 radical (unpaired) electrons. The van der Waals surface area contributed by atoms with E-state index in [0.29, 0.717) is 12.0 Å². The van der Waals surface area contributed by atoms with Crippen molar-refractivity contribution in [3.05, 3.63) is 24.3 Å². The number of benzene rings is 1. The Morgan fingerprint density at radius 1 is 1.21 bits per heavy atom. The summed E-state index contributed by atoms with van der Waals surface area (Å²) in [6, 6.07) is 8.09. The lowest BCUT2D eigenvalue weighted by atomic mass is 9.86. The van der Waals surface area contributed by atoms with E-state index in [1.165, 1.54) is 38.9 Å². The molecule has 29 heavy (non-hydrogen) atoms. The molecule has 0 bridgehead atoms. The first-order valence-corrected chi connectivity index (χ1v) is 11.1. The molecule has 0 unspecified atom stereocenters. The molecule has 160 valence electrons. The van der Waals surface area contributed by atoms with Gasteiger partial charge < -0.3 is 24.6 Å². The Labute approximate surface area is 174 Å². The van der Waals surface area contributed by atoms with E-state index in [2.05, 4.69) is 22.2 Å². The van der Waals surface area contributed by atoms with E-state index in [1.807, 2.05) is 24.3 Å². The van der Waals surface area contributed by atoms with Crippen LogP contribution in [0.5, 0.6) is 5.75 Å². The molecule has 1 aromatic rings. The molecule has 3 aliphatic rings. The molecule has 6 heteroatoms. The summed E-state index contributed by atoms with van der Waals surface area (Å²) in [4.78, 5) is 17.8. The van der Waals surface area contributed by atoms with E-state index in [-0.39, 0.29) is 11.8 Å². The number of ether oxygens (including phenoxy) is 2. The van der Waals surface area contributed by atoms with Crippen LogP contribution in [-0.4, -0.2) is 75.3 Å². The molecule has 3 saturated heterocycles. The molecule has 6 nitrogen and oxygen atoms in total. The molecule has 0 aromatic heterocycles. The zero-order chi connectivity index (χ0) is 20.2. The standard InChI is InChI=1S/C23H35N3O3/c1-25-15-19(23(27)24-20-3-5-21(28-2)6-4-20)13-22(25)18-7-10-26(11-8-18)14-17-9-12-29-16-17/h3-6,17-19,22H,7-16H2,1-2H3,(H,24,27)/t17-,19+,22+/m0/s1. The zero-order valence-electron chi connectivity index (χ0n) is 17.8. The van der Waals surface area contributed by atoms with Crippen LogP contribution < -0.4 is 10.1 Å². The highest BCUT2D eigenvalue weighted by atomic mass is 16.5. The molecule has 1 amide bonds. The number of piperidine rings is 1. The fourth-order valence-electron chi connectivity index (χ4n) is 5.30. The van der Waals surface area contributed by atoms with Crippen molar-refractivity contribution in [2.45, 2.75) is 31.7 Å². The van der Waals surface area contributed by atoms with Gasteiger partial charge in [0, 0.05) is 31.4 Å². The average molecular weight is 402 g/mol. The number of carbonyl (C=O) groups excluding carboxylic acids is 1. The molecule has 3 atom stereocenters. The molecular formula is C23H35N3O3. The number of nitrogens with zero attached hydrogens (tertiary/aromatic N) is 2. The SMILES string of the molecule is COc1ccc(NC(=O)[C@@H]2C[C@H](C3CCN(C[C@@H]4CCOC4)CC3)N(C)C2)cc1. The van der Waals surface area contributed by atoms with Gasteiger partial charge in [-0.25, -0.2) is 0 Å². The smallest absolute Gasteiger partial charge is 0.228 e. The molecule has 0 saturated carbocycles. The zero-order valence-corrected chi connectivity index (χ0v) is 17.8. The molecule has 3 aliphatic heterocycles. The Balaban J connectivity index is 1.25. The lowest BCUT2D eigenvalue weighted by molar-refractivity contribution is -0.119. The quantitative estimate of drug-likeness (QED) is 0.794. The Hall–Kier alpha value is -1.63.